The van der Waals surface area contributed by atoms with Crippen LogP contribution in [-0.4, -0.2) is 25.3 Å². The van der Waals surface area contributed by atoms with Crippen LogP contribution in [0.4, 0.5) is 0 Å². The Balaban J connectivity index is 1.97. The van der Waals surface area contributed by atoms with E-state index in [0.29, 0.717) is 0 Å². The van der Waals surface area contributed by atoms with Gasteiger partial charge in [0, 0.05) is 7.05 Å². The molecule has 20 heavy (non-hydrogen) atoms. The minimum absolute atomic E-state index is 0.0275. The molecule has 2 aromatic carbocycles. The van der Waals surface area contributed by atoms with Crippen LogP contribution in [-0.2, 0) is 4.52 Å². The standard InChI is InChI=1S/C16H18BNOP/c1-13-16(14-9-5-3-6-10-14)19-20(17,18(13)2)15-11-7-4-8-12-15/h3-13,16H,1-2H3/t13-,16-,20?/m0/s1. The maximum absolute atomic E-state index is 6.66. The summed E-state index contributed by atoms with van der Waals surface area (Å²) < 4.78 is 8.57. The maximum Gasteiger partial charge on any atom is 0.141 e. The molecule has 1 heterocycles. The first-order chi connectivity index (χ1) is 9.63. The summed E-state index contributed by atoms with van der Waals surface area (Å²) in [5.41, 5.74) is 1.19. The molecule has 3 atom stereocenters. The highest BCUT2D eigenvalue weighted by molar-refractivity contribution is 7.97. The molecular formula is C16H18BNOP. The van der Waals surface area contributed by atoms with Gasteiger partial charge in [-0.15, -0.1) is 0 Å². The molecule has 0 amide bonds. The Morgan fingerprint density at radius 3 is 2.15 bits per heavy atom. The largest absolute Gasteiger partial charge is 0.262 e. The molecule has 3 rings (SSSR count). The van der Waals surface area contributed by atoms with Crippen LogP contribution in [0.25, 0.3) is 0 Å². The predicted octanol–water partition coefficient (Wildman–Crippen LogP) is 3.33. The second-order valence-electron chi connectivity index (χ2n) is 5.21. The van der Waals surface area contributed by atoms with Gasteiger partial charge in [-0.25, -0.2) is 7.57 Å². The van der Waals surface area contributed by atoms with Crippen molar-refractivity contribution in [3.8, 4) is 0 Å². The van der Waals surface area contributed by atoms with E-state index in [-0.39, 0.29) is 12.1 Å². The third-order valence-corrected chi connectivity index (χ3v) is 6.91. The van der Waals surface area contributed by atoms with E-state index in [9.17, 15) is 0 Å². The monoisotopic (exact) mass is 282 g/mol. The van der Waals surface area contributed by atoms with E-state index in [0.717, 1.165) is 5.30 Å². The van der Waals surface area contributed by atoms with E-state index in [4.69, 9.17) is 12.1 Å². The molecule has 1 aliphatic heterocycles. The first-order valence-corrected chi connectivity index (χ1v) is 8.55. The second kappa shape index (κ2) is 5.33. The van der Waals surface area contributed by atoms with Crippen molar-refractivity contribution in [3.63, 3.8) is 0 Å². The minimum Gasteiger partial charge on any atom is -0.262 e. The third kappa shape index (κ3) is 2.20. The van der Waals surface area contributed by atoms with Gasteiger partial charge in [-0.1, -0.05) is 48.5 Å². The number of benzene rings is 2. The third-order valence-electron chi connectivity index (χ3n) is 4.02. The lowest BCUT2D eigenvalue weighted by molar-refractivity contribution is 0.217. The van der Waals surface area contributed by atoms with E-state index >= 15 is 0 Å². The summed E-state index contributed by atoms with van der Waals surface area (Å²) in [7, 11) is 6.51. The van der Waals surface area contributed by atoms with Gasteiger partial charge >= 0.3 is 0 Å². The fraction of sp³-hybridized carbons (Fsp3) is 0.250. The molecule has 4 heteroatoms. The van der Waals surface area contributed by atoms with E-state index in [2.05, 4.69) is 42.9 Å². The van der Waals surface area contributed by atoms with Gasteiger partial charge in [-0.3, -0.25) is 4.52 Å². The summed E-state index contributed by atoms with van der Waals surface area (Å²) in [4.78, 5) is 0. The van der Waals surface area contributed by atoms with Crippen molar-refractivity contribution < 1.29 is 4.52 Å². The molecule has 0 aliphatic carbocycles. The van der Waals surface area contributed by atoms with Gasteiger partial charge in [0.05, 0.1) is 11.3 Å². The number of likely N-dealkylation sites (N-methyl/N-ethyl adjacent to an activating group) is 1. The molecule has 1 fully saturated rings. The molecule has 0 saturated carbocycles. The van der Waals surface area contributed by atoms with Gasteiger partial charge in [-0.05, 0) is 32.1 Å². The van der Waals surface area contributed by atoms with E-state index < -0.39 is 7.52 Å². The fourth-order valence-electron chi connectivity index (χ4n) is 2.67. The zero-order valence-corrected chi connectivity index (χ0v) is 12.7. The Morgan fingerprint density at radius 2 is 1.55 bits per heavy atom. The lowest BCUT2D eigenvalue weighted by Gasteiger charge is -2.35. The molecule has 3 radical (unpaired) electrons. The van der Waals surface area contributed by atoms with Crippen LogP contribution in [0, 0.1) is 0 Å². The van der Waals surface area contributed by atoms with Crippen molar-refractivity contribution in [3.05, 3.63) is 66.2 Å². The molecule has 101 valence electrons. The Bertz CT molecular complexity index is 580. The molecule has 1 saturated heterocycles. The highest BCUT2D eigenvalue weighted by Gasteiger charge is 2.46. The summed E-state index contributed by atoms with van der Waals surface area (Å²) in [5.74, 6) is 0. The highest BCUT2D eigenvalue weighted by atomic mass is 31.2. The molecule has 0 spiro atoms. The summed E-state index contributed by atoms with van der Waals surface area (Å²) >= 11 is 0. The minimum atomic E-state index is -2.21. The fourth-order valence-corrected chi connectivity index (χ4v) is 5.21. The van der Waals surface area contributed by atoms with Crippen LogP contribution >= 0.6 is 7.52 Å². The van der Waals surface area contributed by atoms with Gasteiger partial charge in [0.15, 0.2) is 0 Å². The van der Waals surface area contributed by atoms with Crippen LogP contribution in [0.1, 0.15) is 18.6 Å². The summed E-state index contributed by atoms with van der Waals surface area (Å²) in [6, 6.07) is 20.7. The van der Waals surface area contributed by atoms with Gasteiger partial charge in [-0.2, -0.15) is 4.67 Å². The lowest BCUT2D eigenvalue weighted by Crippen LogP contribution is -2.28. The molecule has 0 aromatic heterocycles. The smallest absolute Gasteiger partial charge is 0.141 e. The zero-order valence-electron chi connectivity index (χ0n) is 11.8. The number of hydrogen-bond acceptors (Lipinski definition) is 2. The first-order valence-electron chi connectivity index (χ1n) is 6.83. The van der Waals surface area contributed by atoms with E-state index in [1.54, 1.807) is 0 Å². The first kappa shape index (κ1) is 13.8. The van der Waals surface area contributed by atoms with Gasteiger partial charge < -0.3 is 0 Å². The van der Waals surface area contributed by atoms with E-state index in [1.165, 1.54) is 5.56 Å². The Kier molecular flexibility index (Phi) is 3.68. The van der Waals surface area contributed by atoms with Gasteiger partial charge in [0.2, 0.25) is 0 Å². The van der Waals surface area contributed by atoms with Crippen molar-refractivity contribution >= 4 is 20.4 Å². The molecule has 1 aliphatic rings. The van der Waals surface area contributed by atoms with Crippen LogP contribution < -0.4 is 5.30 Å². The molecule has 2 nitrogen and oxygen atoms in total. The highest BCUT2D eigenvalue weighted by Crippen LogP contribution is 2.66. The number of rotatable bonds is 2. The van der Waals surface area contributed by atoms with Crippen molar-refractivity contribution in [2.24, 2.45) is 0 Å². The molecular weight excluding hydrogens is 264 g/mol. The average Bonchev–Trinajstić information content (AvgIpc) is 2.75. The van der Waals surface area contributed by atoms with Crippen LogP contribution in [0.2, 0.25) is 0 Å². The molecule has 0 N–H and O–H groups in total. The Morgan fingerprint density at radius 1 is 1.00 bits per heavy atom. The lowest BCUT2D eigenvalue weighted by atomic mass is 10.0. The van der Waals surface area contributed by atoms with Crippen LogP contribution in [0.5, 0.6) is 0 Å². The Labute approximate surface area is 122 Å². The average molecular weight is 282 g/mol. The number of nitrogens with zero attached hydrogens (tertiary/aromatic N) is 1. The molecule has 1 unspecified atom stereocenters. The van der Waals surface area contributed by atoms with Crippen LogP contribution in [0.3, 0.4) is 0 Å². The van der Waals surface area contributed by atoms with Gasteiger partial charge in [0.1, 0.15) is 6.10 Å². The van der Waals surface area contributed by atoms with E-state index in [1.807, 2.05) is 36.4 Å². The normalized spacial score (nSPS) is 30.6. The summed E-state index contributed by atoms with van der Waals surface area (Å²) in [6.45, 7) is 2.18. The van der Waals surface area contributed by atoms with Crippen molar-refractivity contribution in [2.75, 3.05) is 7.05 Å². The van der Waals surface area contributed by atoms with Crippen molar-refractivity contribution in [1.82, 2.24) is 4.67 Å². The maximum atomic E-state index is 6.66. The second-order valence-corrected chi connectivity index (χ2v) is 7.81. The summed E-state index contributed by atoms with van der Waals surface area (Å²) in [6.07, 6.45) is 0.0275. The van der Waals surface area contributed by atoms with Gasteiger partial charge in [0.25, 0.3) is 0 Å². The Hall–Kier alpha value is -1.15. The zero-order chi connectivity index (χ0) is 14.2. The predicted molar refractivity (Wildman–Crippen MR) is 86.2 cm³/mol. The quantitative estimate of drug-likeness (QED) is 0.618. The van der Waals surface area contributed by atoms with Crippen LogP contribution in [0.15, 0.2) is 60.7 Å². The molecule has 2 aromatic rings. The SMILES string of the molecule is [B-][P+]1(c2ccccc2)O[C@H](c2ccccc2)[C@H](C)N1C. The molecule has 0 bridgehead atoms. The topological polar surface area (TPSA) is 12.5 Å². The van der Waals surface area contributed by atoms with Crippen molar-refractivity contribution in [2.45, 2.75) is 19.1 Å². The summed E-state index contributed by atoms with van der Waals surface area (Å²) in [5, 5.41) is 1.09. The number of hydrogen-bond donors (Lipinski definition) is 0. The van der Waals surface area contributed by atoms with Crippen molar-refractivity contribution in [1.29, 1.82) is 0 Å².